The van der Waals surface area contributed by atoms with E-state index in [-0.39, 0.29) is 94.9 Å². The zero-order valence-corrected chi connectivity index (χ0v) is 92.8. The van der Waals surface area contributed by atoms with Gasteiger partial charge in [0.25, 0.3) is 0 Å². The second-order valence-corrected chi connectivity index (χ2v) is 37.8. The molecule has 12 aromatic carbocycles. The lowest BCUT2D eigenvalue weighted by Gasteiger charge is -2.16. The van der Waals surface area contributed by atoms with E-state index < -0.39 is 0 Å². The fraction of sp³-hybridized carbons (Fsp3) is 0.304. The lowest BCUT2D eigenvalue weighted by molar-refractivity contribution is -0.135. The van der Waals surface area contributed by atoms with E-state index in [0.29, 0.717) is 196 Å². The van der Waals surface area contributed by atoms with Gasteiger partial charge in [-0.15, -0.1) is 0 Å². The van der Waals surface area contributed by atoms with Crippen LogP contribution in [0.3, 0.4) is 0 Å². The van der Waals surface area contributed by atoms with Crippen LogP contribution in [0, 0.1) is 48.5 Å². The molecule has 0 amide bonds. The molecule has 1 N–H and O–H groups in total. The normalized spacial score (nSPS) is 11.0. The number of ether oxygens (including phenoxy) is 13. The third kappa shape index (κ3) is 36.7. The first-order valence-electron chi connectivity index (χ1n) is 46.5. The van der Waals surface area contributed by atoms with Crippen molar-refractivity contribution in [3.63, 3.8) is 0 Å². The summed E-state index contributed by atoms with van der Waals surface area (Å²) in [6.45, 7) is 29.0. The molecular weight excluding hydrogens is 2120 g/mol. The number of rotatable bonds is 36. The Morgan fingerprint density at radius 3 is 0.786 bits per heavy atom. The van der Waals surface area contributed by atoms with E-state index in [0.717, 1.165) is 91.6 Å². The van der Waals surface area contributed by atoms with Gasteiger partial charge in [0.1, 0.15) is 114 Å². The van der Waals surface area contributed by atoms with Gasteiger partial charge >= 0.3 is 35.8 Å². The van der Waals surface area contributed by atoms with Crippen LogP contribution in [0.2, 0.25) is 60.3 Å². The van der Waals surface area contributed by atoms with Crippen molar-refractivity contribution in [3.8, 4) is 74.7 Å². The summed E-state index contributed by atoms with van der Waals surface area (Å²) in [7, 11) is 0. The molecule has 0 bridgehead atoms. The number of benzene rings is 12. The summed E-state index contributed by atoms with van der Waals surface area (Å²) in [5.74, 6) is 5.52. The Kier molecular flexibility index (Phi) is 50.0. The number of hydrogen-bond acceptors (Lipinski definition) is 21. The van der Waals surface area contributed by atoms with Crippen molar-refractivity contribution < 1.29 is 95.5 Å². The molecule has 0 heterocycles. The minimum Gasteiger partial charge on any atom is -0.493 e. The highest BCUT2D eigenvalue weighted by molar-refractivity contribution is 7.79. The van der Waals surface area contributed by atoms with E-state index in [4.69, 9.17) is 201 Å². The predicted molar refractivity (Wildman–Crippen MR) is 583 cm³/mol. The summed E-state index contributed by atoms with van der Waals surface area (Å²) in [5, 5.41) is 15.9. The van der Waals surface area contributed by atoms with Crippen LogP contribution >= 0.6 is 152 Å². The quantitative estimate of drug-likeness (QED) is 0.0211. The van der Waals surface area contributed by atoms with Crippen molar-refractivity contribution >= 4 is 188 Å². The summed E-state index contributed by atoms with van der Waals surface area (Å²) in [6, 6.07) is 53.4. The van der Waals surface area contributed by atoms with E-state index in [1.165, 1.54) is 5.56 Å². The molecule has 13 rings (SSSR count). The molecule has 1 saturated carbocycles. The van der Waals surface area contributed by atoms with Crippen LogP contribution in [0.25, 0.3) is 0 Å². The maximum atomic E-state index is 11.7. The van der Waals surface area contributed by atoms with E-state index in [1.54, 1.807) is 169 Å². The number of aliphatic hydroxyl groups is 1. The largest absolute Gasteiger partial charge is 0.493 e. The van der Waals surface area contributed by atoms with E-state index >= 15 is 0 Å². The molecule has 1 aliphatic rings. The first-order chi connectivity index (χ1) is 69.2. The number of carbonyl (C=O) groups excluding carboxylic acids is 6. The molecule has 1 fully saturated rings. The fourth-order valence-corrected chi connectivity index (χ4v) is 16.2. The van der Waals surface area contributed by atoms with Crippen LogP contribution < -0.4 is 61.6 Å². The molecule has 33 heteroatoms. The number of carbonyl (C=O) groups is 6. The highest BCUT2D eigenvalue weighted by Gasteiger charge is 2.30. The average molecular weight is 2240 g/mol. The maximum absolute atomic E-state index is 11.7. The second kappa shape index (κ2) is 60.3. The van der Waals surface area contributed by atoms with Crippen LogP contribution in [0.5, 0.6) is 74.7 Å². The molecule has 0 radical (unpaired) electrons. The van der Waals surface area contributed by atoms with Gasteiger partial charge in [-0.2, -0.15) is 12.6 Å². The van der Waals surface area contributed by atoms with Crippen molar-refractivity contribution in [1.82, 2.24) is 0 Å². The second-order valence-electron chi connectivity index (χ2n) is 32.6. The number of halogens is 12. The summed E-state index contributed by atoms with van der Waals surface area (Å²) in [6.07, 6.45) is 4.88. The number of aliphatic hydroxyl groups excluding tert-OH is 1. The Labute approximate surface area is 913 Å². The minimum atomic E-state index is -0.359. The minimum absolute atomic E-state index is 0.0855. The van der Waals surface area contributed by atoms with Crippen molar-refractivity contribution in [2.24, 2.45) is 0 Å². The van der Waals surface area contributed by atoms with Crippen LogP contribution in [-0.2, 0) is 87.2 Å². The number of aryl methyl sites for hydroxylation is 8. The van der Waals surface area contributed by atoms with E-state index in [2.05, 4.69) is 18.7 Å². The van der Waals surface area contributed by atoms with E-state index in [9.17, 15) is 33.9 Å². The molecule has 145 heavy (non-hydrogen) atoms. The topological polar surface area (TPSA) is 243 Å². The summed E-state index contributed by atoms with van der Waals surface area (Å²) >= 11 is 78.4. The molecule has 0 spiro atoms. The lowest BCUT2D eigenvalue weighted by atomic mass is 10.0. The first-order valence-corrected chi connectivity index (χ1v) is 51.6. The molecular formula is C112H114Cl12O20S. The first kappa shape index (κ1) is 120. The average Bonchev–Trinajstić information content (AvgIpc) is 1.66. The van der Waals surface area contributed by atoms with Gasteiger partial charge in [-0.05, 0) is 221 Å². The van der Waals surface area contributed by atoms with Crippen LogP contribution in [0.1, 0.15) is 207 Å². The van der Waals surface area contributed by atoms with Gasteiger partial charge in [-0.1, -0.05) is 254 Å². The van der Waals surface area contributed by atoms with Gasteiger partial charge in [0.05, 0.1) is 48.9 Å². The van der Waals surface area contributed by atoms with Crippen molar-refractivity contribution in [2.75, 3.05) is 6.61 Å². The molecule has 1 aliphatic carbocycles. The monoisotopic (exact) mass is 2230 g/mol. The summed E-state index contributed by atoms with van der Waals surface area (Å²) in [5.41, 5.74) is 14.6. The Morgan fingerprint density at radius 2 is 0.497 bits per heavy atom. The molecule has 0 aliphatic heterocycles. The molecule has 0 atom stereocenters. The van der Waals surface area contributed by atoms with Gasteiger partial charge in [-0.3, -0.25) is 28.8 Å². The SMILES string of the molecule is CCC(=O)Oc1cccc(C)c1COc1cc(Cl)c(C)cc1Cl.CCC(=O)Oc1cccc(C2CC2)c1COc1cc(Cl)c(C)cc1Cl.CCC(=O)Oc1cccc(CC)c1COc1cc(Cl)c(C)cc1Cl.CCC(=O)Oc1cccc(CO)c1COc1cc(Cl)c(C)cc1Cl.CCC(=O)Oc1cccc(CS)c1COc1cc(Cl)c(C)cc1Cl.CCOc1cccc(OC(=O)CC)c1COc1cc(Cl)c(C)cc1Cl. The highest BCUT2D eigenvalue weighted by atomic mass is 35.5. The van der Waals surface area contributed by atoms with Gasteiger partial charge in [0.15, 0.2) is 0 Å². The Bertz CT molecular complexity index is 6210. The van der Waals surface area contributed by atoms with Crippen LogP contribution in [-0.4, -0.2) is 47.5 Å². The van der Waals surface area contributed by atoms with Gasteiger partial charge in [0.2, 0.25) is 0 Å². The molecule has 0 saturated heterocycles. The summed E-state index contributed by atoms with van der Waals surface area (Å²) < 4.78 is 72.9. The number of hydrogen-bond donors (Lipinski definition) is 2. The third-order valence-corrected chi connectivity index (χ3v) is 26.5. The molecule has 0 aromatic heterocycles. The highest BCUT2D eigenvalue weighted by Crippen LogP contribution is 2.46. The smallest absolute Gasteiger partial charge is 0.310 e. The Balaban J connectivity index is 0.000000212. The Morgan fingerprint density at radius 1 is 0.262 bits per heavy atom. The van der Waals surface area contributed by atoms with Crippen LogP contribution in [0.15, 0.2) is 182 Å². The van der Waals surface area contributed by atoms with E-state index in [1.807, 2.05) is 111 Å². The molecule has 20 nitrogen and oxygen atoms in total. The van der Waals surface area contributed by atoms with Crippen LogP contribution in [0.4, 0.5) is 0 Å². The fourth-order valence-electron chi connectivity index (χ4n) is 13.4. The third-order valence-electron chi connectivity index (χ3n) is 21.9. The number of thiol groups is 1. The summed E-state index contributed by atoms with van der Waals surface area (Å²) in [4.78, 5) is 69.8. The van der Waals surface area contributed by atoms with Crippen molar-refractivity contribution in [2.45, 2.75) is 220 Å². The Hall–Kier alpha value is -10.2. The molecule has 0 unspecified atom stereocenters. The zero-order chi connectivity index (χ0) is 106. The molecule has 772 valence electrons. The van der Waals surface area contributed by atoms with Gasteiger partial charge in [0, 0.05) is 139 Å². The standard InChI is InChI=1S/C20H20Cl2O3.C19H20Cl2O4.C19H20Cl2O3.C18H18Cl2O4.C18H18Cl2O3S.C18H18Cl2O3/c1-3-20(23)25-18-6-4-5-14(13-7-8-13)15(18)11-24-19-10-16(21)12(2)9-17(19)22;1-4-19(22)25-17-8-6-7-16(23-5-2)13(17)11-24-18-10-14(20)12(3)9-15(18)21;1-4-13-7-6-8-17(24-19(22)5-2)14(13)11-23-18-10-15(20)12(3)9-16(18)21;1-3-18(22)24-16-6-4-5-12(9-21)13(16)10-23-17-8-14(19)11(2)7-15(17)20;1-3-18(21)23-16-6-4-5-12(10-24)13(16)9-22-17-8-14(19)11(2)7-15(17)20;1-4-18(21)23-16-7-5-6-11(2)13(16)10-22-17-9-14(19)12(3)8-15(17)20/h4-6,9-10,13H,3,7-8,11H2,1-2H3;6-10H,4-5,11H2,1-3H3;6-10H,4-5,11H2,1-3H3;4-8,21H,3,9-10H2,1-2H3;4-8,24H,3,9-10H2,1-2H3;5-9H,4,10H2,1-3H3. The van der Waals surface area contributed by atoms with Crippen molar-refractivity contribution in [1.29, 1.82) is 0 Å². The van der Waals surface area contributed by atoms with Gasteiger partial charge < -0.3 is 66.7 Å². The lowest BCUT2D eigenvalue weighted by Crippen LogP contribution is -2.10. The van der Waals surface area contributed by atoms with Crippen molar-refractivity contribution in [3.05, 3.63) is 337 Å². The number of esters is 6. The predicted octanol–water partition coefficient (Wildman–Crippen LogP) is 33.2. The zero-order valence-electron chi connectivity index (χ0n) is 82.8. The maximum Gasteiger partial charge on any atom is 0.310 e. The van der Waals surface area contributed by atoms with Gasteiger partial charge in [-0.25, -0.2) is 0 Å². The molecule has 12 aromatic rings.